The molecule has 28 heavy (non-hydrogen) atoms. The van der Waals surface area contributed by atoms with Gasteiger partial charge in [-0.3, -0.25) is 19.4 Å². The van der Waals surface area contributed by atoms with Crippen molar-refractivity contribution in [2.75, 3.05) is 39.3 Å². The fourth-order valence-electron chi connectivity index (χ4n) is 4.26. The van der Waals surface area contributed by atoms with Crippen LogP contribution in [0.1, 0.15) is 26.2 Å². The highest BCUT2D eigenvalue weighted by molar-refractivity contribution is 5.80. The molecule has 1 aromatic carbocycles. The number of fused-ring (bicyclic) bond motifs is 1. The van der Waals surface area contributed by atoms with Crippen molar-refractivity contribution in [3.05, 3.63) is 40.8 Å². The zero-order chi connectivity index (χ0) is 19.5. The number of hydrogen-bond acceptors (Lipinski definition) is 5. The van der Waals surface area contributed by atoms with Crippen molar-refractivity contribution in [1.29, 1.82) is 0 Å². The number of piperidine rings is 1. The number of aromatic nitrogens is 2. The monoisotopic (exact) mass is 383 g/mol. The van der Waals surface area contributed by atoms with Gasteiger partial charge < -0.3 is 4.90 Å². The van der Waals surface area contributed by atoms with Crippen LogP contribution in [-0.2, 0) is 11.5 Å². The van der Waals surface area contributed by atoms with E-state index in [0.717, 1.165) is 51.0 Å². The Balaban J connectivity index is 1.31. The largest absolute Gasteiger partial charge is 0.339 e. The van der Waals surface area contributed by atoms with Gasteiger partial charge in [-0.1, -0.05) is 18.2 Å². The Labute approximate surface area is 165 Å². The third-order valence-electron chi connectivity index (χ3n) is 6.04. The predicted molar refractivity (Wildman–Crippen MR) is 109 cm³/mol. The van der Waals surface area contributed by atoms with Crippen molar-refractivity contribution in [2.45, 2.75) is 38.9 Å². The minimum atomic E-state index is -0.0465. The molecule has 2 aromatic rings. The van der Waals surface area contributed by atoms with Crippen LogP contribution in [0.4, 0.5) is 0 Å². The number of carbonyl (C=O) groups excluding carboxylic acids is 1. The van der Waals surface area contributed by atoms with E-state index in [4.69, 9.17) is 0 Å². The summed E-state index contributed by atoms with van der Waals surface area (Å²) in [4.78, 5) is 31.8. The zero-order valence-electron chi connectivity index (χ0n) is 16.6. The summed E-state index contributed by atoms with van der Waals surface area (Å²) in [5, 5.41) is 5.91. The molecule has 1 aromatic heterocycles. The summed E-state index contributed by atoms with van der Waals surface area (Å²) in [6, 6.07) is 7.92. The summed E-state index contributed by atoms with van der Waals surface area (Å²) in [6.45, 7) is 7.42. The maximum Gasteiger partial charge on any atom is 0.275 e. The van der Waals surface area contributed by atoms with Crippen LogP contribution < -0.4 is 5.56 Å². The van der Waals surface area contributed by atoms with Gasteiger partial charge in [-0.05, 0) is 32.3 Å². The average molecular weight is 383 g/mol. The number of carbonyl (C=O) groups is 1. The minimum Gasteiger partial charge on any atom is -0.339 e. The molecule has 7 heteroatoms. The summed E-state index contributed by atoms with van der Waals surface area (Å²) in [7, 11) is 0. The molecule has 7 nitrogen and oxygen atoms in total. The first kappa shape index (κ1) is 19.1. The second-order valence-electron chi connectivity index (χ2n) is 8.00. The summed E-state index contributed by atoms with van der Waals surface area (Å²) < 4.78 is 1.54. The smallest absolute Gasteiger partial charge is 0.275 e. The summed E-state index contributed by atoms with van der Waals surface area (Å²) in [5.74, 6) is 0.257. The van der Waals surface area contributed by atoms with Crippen LogP contribution in [0.5, 0.6) is 0 Å². The maximum atomic E-state index is 12.6. The third kappa shape index (κ3) is 4.10. The van der Waals surface area contributed by atoms with Gasteiger partial charge in [0.25, 0.3) is 5.56 Å². The van der Waals surface area contributed by atoms with E-state index in [2.05, 4.69) is 26.7 Å². The molecule has 1 unspecified atom stereocenters. The predicted octanol–water partition coefficient (Wildman–Crippen LogP) is 1.37. The molecule has 2 saturated heterocycles. The standard InChI is InChI=1S/C21H29N5O2/c1-17-6-4-5-9-25(17)20(27)15-23-10-12-24(13-11-23)16-26-21(28)19-8-3-2-7-18(19)14-22-26/h2-3,7-8,14,17H,4-6,9-13,15-16H2,1H3. The van der Waals surface area contributed by atoms with Crippen LogP contribution in [0, 0.1) is 0 Å². The van der Waals surface area contributed by atoms with E-state index < -0.39 is 0 Å². The summed E-state index contributed by atoms with van der Waals surface area (Å²) in [6.07, 6.45) is 5.22. The Morgan fingerprint density at radius 1 is 1.07 bits per heavy atom. The lowest BCUT2D eigenvalue weighted by molar-refractivity contribution is -0.136. The van der Waals surface area contributed by atoms with Gasteiger partial charge in [0.05, 0.1) is 24.8 Å². The van der Waals surface area contributed by atoms with Gasteiger partial charge in [-0.25, -0.2) is 4.68 Å². The van der Waals surface area contributed by atoms with E-state index >= 15 is 0 Å². The highest BCUT2D eigenvalue weighted by Gasteiger charge is 2.26. The SMILES string of the molecule is CC1CCCCN1C(=O)CN1CCN(Cn2ncc3ccccc3c2=O)CC1. The van der Waals surface area contributed by atoms with Gasteiger partial charge in [-0.15, -0.1) is 0 Å². The van der Waals surface area contributed by atoms with Crippen LogP contribution in [0.15, 0.2) is 35.3 Å². The molecule has 0 aliphatic carbocycles. The topological polar surface area (TPSA) is 61.7 Å². The van der Waals surface area contributed by atoms with E-state index in [1.165, 1.54) is 6.42 Å². The van der Waals surface area contributed by atoms with Crippen molar-refractivity contribution in [2.24, 2.45) is 0 Å². The fraction of sp³-hybridized carbons (Fsp3) is 0.571. The number of benzene rings is 1. The van der Waals surface area contributed by atoms with Gasteiger partial charge in [0.2, 0.25) is 5.91 Å². The van der Waals surface area contributed by atoms with Gasteiger partial charge in [0.1, 0.15) is 0 Å². The number of likely N-dealkylation sites (tertiary alicyclic amines) is 1. The fourth-order valence-corrected chi connectivity index (χ4v) is 4.26. The molecule has 150 valence electrons. The first-order valence-electron chi connectivity index (χ1n) is 10.3. The van der Waals surface area contributed by atoms with Crippen LogP contribution in [-0.4, -0.2) is 75.7 Å². The van der Waals surface area contributed by atoms with Crippen molar-refractivity contribution in [3.8, 4) is 0 Å². The quantitative estimate of drug-likeness (QED) is 0.798. The van der Waals surface area contributed by atoms with Crippen LogP contribution in [0.2, 0.25) is 0 Å². The molecule has 0 N–H and O–H groups in total. The first-order chi connectivity index (χ1) is 13.6. The maximum absolute atomic E-state index is 12.6. The summed E-state index contributed by atoms with van der Waals surface area (Å²) in [5.41, 5.74) is -0.0465. The number of amides is 1. The molecule has 3 heterocycles. The van der Waals surface area contributed by atoms with Crippen molar-refractivity contribution < 1.29 is 4.79 Å². The van der Waals surface area contributed by atoms with E-state index in [9.17, 15) is 9.59 Å². The number of hydrogen-bond donors (Lipinski definition) is 0. The Morgan fingerprint density at radius 2 is 1.82 bits per heavy atom. The van der Waals surface area contributed by atoms with Gasteiger partial charge in [-0.2, -0.15) is 5.10 Å². The zero-order valence-corrected chi connectivity index (χ0v) is 16.6. The lowest BCUT2D eigenvalue weighted by Gasteiger charge is -2.38. The molecule has 0 saturated carbocycles. The Morgan fingerprint density at radius 3 is 2.61 bits per heavy atom. The first-order valence-corrected chi connectivity index (χ1v) is 10.3. The lowest BCUT2D eigenvalue weighted by atomic mass is 10.0. The van der Waals surface area contributed by atoms with E-state index in [0.29, 0.717) is 24.6 Å². The molecule has 2 aliphatic rings. The van der Waals surface area contributed by atoms with Crippen molar-refractivity contribution in [1.82, 2.24) is 24.5 Å². The highest BCUT2D eigenvalue weighted by atomic mass is 16.2. The second-order valence-corrected chi connectivity index (χ2v) is 8.00. The van der Waals surface area contributed by atoms with Crippen molar-refractivity contribution in [3.63, 3.8) is 0 Å². The molecule has 0 radical (unpaired) electrons. The molecule has 2 aliphatic heterocycles. The lowest BCUT2D eigenvalue weighted by Crippen LogP contribution is -2.52. The molecular formula is C21H29N5O2. The van der Waals surface area contributed by atoms with Crippen LogP contribution in [0.3, 0.4) is 0 Å². The Kier molecular flexibility index (Phi) is 5.73. The highest BCUT2D eigenvalue weighted by Crippen LogP contribution is 2.17. The minimum absolute atomic E-state index is 0.0465. The molecule has 2 fully saturated rings. The van der Waals surface area contributed by atoms with Gasteiger partial charge in [0, 0.05) is 44.2 Å². The van der Waals surface area contributed by atoms with Crippen LogP contribution >= 0.6 is 0 Å². The number of rotatable bonds is 4. The normalized spacial score (nSPS) is 21.9. The molecule has 1 atom stereocenters. The molecule has 1 amide bonds. The number of nitrogens with zero attached hydrogens (tertiary/aromatic N) is 5. The van der Waals surface area contributed by atoms with Crippen LogP contribution in [0.25, 0.3) is 10.8 Å². The van der Waals surface area contributed by atoms with Gasteiger partial charge in [0.15, 0.2) is 0 Å². The average Bonchev–Trinajstić information content (AvgIpc) is 2.72. The molecular weight excluding hydrogens is 354 g/mol. The second kappa shape index (κ2) is 8.41. The Bertz CT molecular complexity index is 888. The molecule has 0 spiro atoms. The van der Waals surface area contributed by atoms with E-state index in [-0.39, 0.29) is 11.5 Å². The van der Waals surface area contributed by atoms with E-state index in [1.807, 2.05) is 24.3 Å². The number of piperazine rings is 1. The van der Waals surface area contributed by atoms with E-state index in [1.54, 1.807) is 10.9 Å². The third-order valence-corrected chi connectivity index (χ3v) is 6.04. The molecule has 4 rings (SSSR count). The summed E-state index contributed by atoms with van der Waals surface area (Å²) >= 11 is 0. The van der Waals surface area contributed by atoms with Crippen molar-refractivity contribution >= 4 is 16.7 Å². The molecule has 0 bridgehead atoms. The van der Waals surface area contributed by atoms with Gasteiger partial charge >= 0.3 is 0 Å². The Hall–Kier alpha value is -2.25.